The van der Waals surface area contributed by atoms with Crippen molar-refractivity contribution < 1.29 is 4.79 Å². The quantitative estimate of drug-likeness (QED) is 0.474. The molecule has 1 amide bonds. The summed E-state index contributed by atoms with van der Waals surface area (Å²) in [4.78, 5) is 33.7. The lowest BCUT2D eigenvalue weighted by Crippen LogP contribution is -2.24. The number of aromatic nitrogens is 4. The van der Waals surface area contributed by atoms with E-state index in [2.05, 4.69) is 20.4 Å². The molecule has 0 saturated heterocycles. The first-order valence-electron chi connectivity index (χ1n) is 10.0. The van der Waals surface area contributed by atoms with Crippen LogP contribution in [0.2, 0.25) is 5.02 Å². The topological polar surface area (TPSA) is 89.8 Å². The second kappa shape index (κ2) is 9.11. The van der Waals surface area contributed by atoms with Crippen molar-refractivity contribution in [3.05, 3.63) is 93.9 Å². The predicted octanol–water partition coefficient (Wildman–Crippen LogP) is 4.85. The van der Waals surface area contributed by atoms with Crippen LogP contribution in [-0.4, -0.2) is 25.7 Å². The molecule has 0 unspecified atom stereocenters. The van der Waals surface area contributed by atoms with Gasteiger partial charge >= 0.3 is 0 Å². The Balaban J connectivity index is 1.77. The number of hydrogen-bond acceptors (Lipinski definition) is 5. The standard InChI is InChI=1S/C24H20ClN5O2/c1-15(2)30-21(31)13-12-20(29-30)19-14-26-24(27-22(19)16-6-4-3-5-7-16)28-23(32)17-8-10-18(25)11-9-17/h3-15H,1-2H3,(H,26,27,28,32). The molecule has 160 valence electrons. The van der Waals surface area contributed by atoms with Crippen LogP contribution in [0.5, 0.6) is 0 Å². The molecule has 2 aromatic heterocycles. The highest BCUT2D eigenvalue weighted by Gasteiger charge is 2.16. The number of nitrogens with one attached hydrogen (secondary N) is 1. The summed E-state index contributed by atoms with van der Waals surface area (Å²) in [6.07, 6.45) is 1.60. The third-order valence-corrected chi connectivity index (χ3v) is 5.01. The summed E-state index contributed by atoms with van der Waals surface area (Å²) >= 11 is 5.90. The van der Waals surface area contributed by atoms with Crippen molar-refractivity contribution in [1.82, 2.24) is 19.7 Å². The Morgan fingerprint density at radius 3 is 2.41 bits per heavy atom. The van der Waals surface area contributed by atoms with Gasteiger partial charge in [0.25, 0.3) is 11.5 Å². The second-order valence-corrected chi connectivity index (χ2v) is 7.81. The maximum atomic E-state index is 12.6. The molecule has 0 saturated carbocycles. The van der Waals surface area contributed by atoms with Gasteiger partial charge in [0.05, 0.1) is 17.4 Å². The molecule has 1 N–H and O–H groups in total. The Bertz CT molecular complexity index is 1320. The van der Waals surface area contributed by atoms with E-state index in [1.54, 1.807) is 36.5 Å². The minimum atomic E-state index is -0.347. The molecule has 0 bridgehead atoms. The van der Waals surface area contributed by atoms with Crippen LogP contribution in [0.15, 0.2) is 77.7 Å². The van der Waals surface area contributed by atoms with Crippen molar-refractivity contribution in [3.63, 3.8) is 0 Å². The molecule has 4 rings (SSSR count). The maximum Gasteiger partial charge on any atom is 0.267 e. The van der Waals surface area contributed by atoms with Crippen molar-refractivity contribution in [3.8, 4) is 22.5 Å². The highest BCUT2D eigenvalue weighted by atomic mass is 35.5. The first kappa shape index (κ1) is 21.4. The fourth-order valence-electron chi connectivity index (χ4n) is 3.16. The SMILES string of the molecule is CC(C)n1nc(-c2cnc(NC(=O)c3ccc(Cl)cc3)nc2-c2ccccc2)ccc1=O. The summed E-state index contributed by atoms with van der Waals surface area (Å²) in [5.74, 6) is -0.190. The van der Waals surface area contributed by atoms with E-state index in [1.807, 2.05) is 44.2 Å². The van der Waals surface area contributed by atoms with Gasteiger partial charge in [-0.05, 0) is 44.2 Å². The average molecular weight is 446 g/mol. The molecular formula is C24H20ClN5O2. The van der Waals surface area contributed by atoms with Crippen molar-refractivity contribution in [2.45, 2.75) is 19.9 Å². The molecule has 8 heteroatoms. The van der Waals surface area contributed by atoms with Crippen LogP contribution < -0.4 is 10.9 Å². The molecule has 32 heavy (non-hydrogen) atoms. The number of carbonyl (C=O) groups excluding carboxylic acids is 1. The van der Waals surface area contributed by atoms with E-state index in [9.17, 15) is 9.59 Å². The number of amides is 1. The molecule has 0 radical (unpaired) electrons. The fourth-order valence-corrected chi connectivity index (χ4v) is 3.29. The van der Waals surface area contributed by atoms with E-state index in [-0.39, 0.29) is 23.5 Å². The van der Waals surface area contributed by atoms with Gasteiger partial charge in [0, 0.05) is 34.0 Å². The third kappa shape index (κ3) is 4.58. The minimum absolute atomic E-state index is 0.0959. The number of nitrogens with zero attached hydrogens (tertiary/aromatic N) is 4. The van der Waals surface area contributed by atoms with Gasteiger partial charge < -0.3 is 0 Å². The molecule has 0 atom stereocenters. The summed E-state index contributed by atoms with van der Waals surface area (Å²) in [5, 5.41) is 7.77. The van der Waals surface area contributed by atoms with Crippen molar-refractivity contribution in [1.29, 1.82) is 0 Å². The van der Waals surface area contributed by atoms with E-state index < -0.39 is 0 Å². The van der Waals surface area contributed by atoms with Crippen LogP contribution in [0.4, 0.5) is 5.95 Å². The fraction of sp³-hybridized carbons (Fsp3) is 0.125. The number of hydrogen-bond donors (Lipinski definition) is 1. The van der Waals surface area contributed by atoms with Crippen molar-refractivity contribution in [2.75, 3.05) is 5.32 Å². The molecule has 0 fully saturated rings. The maximum absolute atomic E-state index is 12.6. The second-order valence-electron chi connectivity index (χ2n) is 7.38. The van der Waals surface area contributed by atoms with Crippen LogP contribution in [-0.2, 0) is 0 Å². The van der Waals surface area contributed by atoms with Crippen molar-refractivity contribution >= 4 is 23.5 Å². The van der Waals surface area contributed by atoms with E-state index >= 15 is 0 Å². The van der Waals surface area contributed by atoms with Crippen molar-refractivity contribution in [2.24, 2.45) is 0 Å². The van der Waals surface area contributed by atoms with Gasteiger partial charge in [-0.1, -0.05) is 41.9 Å². The Kier molecular flexibility index (Phi) is 6.09. The first-order valence-corrected chi connectivity index (χ1v) is 10.4. The van der Waals surface area contributed by atoms with Crippen LogP contribution in [0.1, 0.15) is 30.2 Å². The summed E-state index contributed by atoms with van der Waals surface area (Å²) < 4.78 is 1.42. The molecule has 4 aromatic rings. The van der Waals surface area contributed by atoms with E-state index in [1.165, 1.54) is 10.7 Å². The number of rotatable bonds is 5. The van der Waals surface area contributed by atoms with E-state index in [0.717, 1.165) is 5.56 Å². The van der Waals surface area contributed by atoms with Gasteiger partial charge in [0.15, 0.2) is 0 Å². The summed E-state index contributed by atoms with van der Waals surface area (Å²) in [7, 11) is 0. The predicted molar refractivity (Wildman–Crippen MR) is 125 cm³/mol. The minimum Gasteiger partial charge on any atom is -0.290 e. The normalized spacial score (nSPS) is 10.9. The number of anilines is 1. The highest BCUT2D eigenvalue weighted by molar-refractivity contribution is 6.30. The Morgan fingerprint density at radius 1 is 1.00 bits per heavy atom. The van der Waals surface area contributed by atoms with Crippen LogP contribution in [0.3, 0.4) is 0 Å². The largest absolute Gasteiger partial charge is 0.290 e. The van der Waals surface area contributed by atoms with Gasteiger partial charge in [-0.15, -0.1) is 0 Å². The molecule has 0 aliphatic heterocycles. The van der Waals surface area contributed by atoms with Gasteiger partial charge in [0.1, 0.15) is 0 Å². The Labute approximate surface area is 189 Å². The number of halogens is 1. The monoisotopic (exact) mass is 445 g/mol. The average Bonchev–Trinajstić information content (AvgIpc) is 2.80. The van der Waals surface area contributed by atoms with Gasteiger partial charge in [-0.2, -0.15) is 5.10 Å². The number of benzene rings is 2. The van der Waals surface area contributed by atoms with E-state index in [0.29, 0.717) is 27.5 Å². The molecule has 0 aliphatic carbocycles. The number of carbonyl (C=O) groups is 1. The zero-order valence-electron chi connectivity index (χ0n) is 17.5. The van der Waals surface area contributed by atoms with E-state index in [4.69, 9.17) is 11.6 Å². The molecule has 0 spiro atoms. The molecular weight excluding hydrogens is 426 g/mol. The lowest BCUT2D eigenvalue weighted by Gasteiger charge is -2.13. The Hall–Kier alpha value is -3.84. The van der Waals surface area contributed by atoms with Crippen LogP contribution in [0, 0.1) is 0 Å². The van der Waals surface area contributed by atoms with Crippen LogP contribution >= 0.6 is 11.6 Å². The lowest BCUT2D eigenvalue weighted by atomic mass is 10.0. The van der Waals surface area contributed by atoms with Crippen LogP contribution in [0.25, 0.3) is 22.5 Å². The molecule has 7 nitrogen and oxygen atoms in total. The van der Waals surface area contributed by atoms with Gasteiger partial charge in [-0.3, -0.25) is 14.9 Å². The smallest absolute Gasteiger partial charge is 0.267 e. The molecule has 0 aliphatic rings. The Morgan fingerprint density at radius 2 is 1.72 bits per heavy atom. The highest BCUT2D eigenvalue weighted by Crippen LogP contribution is 2.29. The van der Waals surface area contributed by atoms with Gasteiger partial charge in [-0.25, -0.2) is 14.6 Å². The summed E-state index contributed by atoms with van der Waals surface area (Å²) in [6.45, 7) is 3.78. The summed E-state index contributed by atoms with van der Waals surface area (Å²) in [5.41, 5.74) is 2.89. The molecule has 2 aromatic carbocycles. The van der Waals surface area contributed by atoms with Gasteiger partial charge in [0.2, 0.25) is 5.95 Å². The summed E-state index contributed by atoms with van der Waals surface area (Å²) in [6, 6.07) is 19.1. The zero-order chi connectivity index (χ0) is 22.7. The lowest BCUT2D eigenvalue weighted by molar-refractivity contribution is 0.102. The molecule has 2 heterocycles. The first-order chi connectivity index (χ1) is 15.4. The third-order valence-electron chi connectivity index (χ3n) is 4.76. The zero-order valence-corrected chi connectivity index (χ0v) is 18.2.